The largest absolute Gasteiger partial charge is 0.379 e. The molecule has 2 heterocycles. The van der Waals surface area contributed by atoms with Crippen LogP contribution >= 0.6 is 0 Å². The number of hydrogen-bond acceptors (Lipinski definition) is 9. The lowest BCUT2D eigenvalue weighted by molar-refractivity contribution is -0.121. The summed E-state index contributed by atoms with van der Waals surface area (Å²) in [6, 6.07) is 3.37. The number of hydrogen-bond donors (Lipinski definition) is 2. The molecule has 0 aliphatic heterocycles. The highest BCUT2D eigenvalue weighted by Gasteiger charge is 2.08. The summed E-state index contributed by atoms with van der Waals surface area (Å²) in [4.78, 5) is 28.0. The first-order valence-electron chi connectivity index (χ1n) is 10.3. The summed E-state index contributed by atoms with van der Waals surface area (Å²) < 4.78 is 10.7. The van der Waals surface area contributed by atoms with Crippen molar-refractivity contribution in [2.24, 2.45) is 0 Å². The molecule has 0 unspecified atom stereocenters. The van der Waals surface area contributed by atoms with Crippen LogP contribution in [-0.4, -0.2) is 70.2 Å². The molecule has 0 atom stereocenters. The zero-order valence-electron chi connectivity index (χ0n) is 18.0. The molecule has 0 aliphatic rings. The number of rotatable bonds is 14. The molecule has 0 saturated heterocycles. The van der Waals surface area contributed by atoms with Gasteiger partial charge < -0.3 is 20.1 Å². The molecule has 31 heavy (non-hydrogen) atoms. The zero-order valence-corrected chi connectivity index (χ0v) is 18.0. The first-order valence-corrected chi connectivity index (χ1v) is 10.3. The molecule has 0 aliphatic carbocycles. The second kappa shape index (κ2) is 14.0. The number of nitrogens with zero attached hydrogens (tertiary/aromatic N) is 5. The van der Waals surface area contributed by atoms with Crippen molar-refractivity contribution in [2.75, 3.05) is 38.3 Å². The minimum Gasteiger partial charge on any atom is -0.379 e. The summed E-state index contributed by atoms with van der Waals surface area (Å²) >= 11 is 0. The van der Waals surface area contributed by atoms with Crippen molar-refractivity contribution < 1.29 is 19.1 Å². The monoisotopic (exact) mass is 431 g/mol. The lowest BCUT2D eigenvalue weighted by atomic mass is 10.2. The Balaban J connectivity index is 1.57. The van der Waals surface area contributed by atoms with Gasteiger partial charge in [-0.25, -0.2) is 0 Å². The fraction of sp³-hybridized carbons (Fsp3) is 0.550. The topological polar surface area (TPSA) is 141 Å². The third kappa shape index (κ3) is 10.0. The molecule has 2 aromatic heterocycles. The highest BCUT2D eigenvalue weighted by Crippen LogP contribution is 2.13. The van der Waals surface area contributed by atoms with E-state index >= 15 is 0 Å². The van der Waals surface area contributed by atoms with Gasteiger partial charge in [0.2, 0.25) is 17.6 Å². The minimum atomic E-state index is -0.187. The second-order valence-corrected chi connectivity index (χ2v) is 6.68. The molecule has 2 aromatic rings. The summed E-state index contributed by atoms with van der Waals surface area (Å²) in [6.45, 7) is 6.42. The molecule has 0 saturated carbocycles. The van der Waals surface area contributed by atoms with Crippen LogP contribution in [0.2, 0.25) is 0 Å². The van der Waals surface area contributed by atoms with E-state index in [2.05, 4.69) is 36.0 Å². The Hall–Kier alpha value is -3.05. The molecule has 2 N–H and O–H groups in total. The molecule has 0 aromatic carbocycles. The number of carbonyl (C=O) groups excluding carboxylic acids is 2. The molecule has 11 heteroatoms. The number of carbonyl (C=O) groups is 2. The first kappa shape index (κ1) is 24.2. The molecule has 0 fully saturated rings. The lowest BCUT2D eigenvalue weighted by Gasteiger charge is -2.07. The average Bonchev–Trinajstić information content (AvgIpc) is 2.77. The summed E-state index contributed by atoms with van der Waals surface area (Å²) in [5.41, 5.74) is 1.05. The summed E-state index contributed by atoms with van der Waals surface area (Å²) in [7, 11) is 0. The molecule has 0 spiro atoms. The molecular formula is C20H29N7O4. The normalized spacial score (nSPS) is 10.6. The Bertz CT molecular complexity index is 800. The molecule has 2 rings (SSSR count). The maximum Gasteiger partial charge on any atom is 0.224 e. The molecule has 0 radical (unpaired) electrons. The fourth-order valence-corrected chi connectivity index (χ4v) is 2.43. The summed E-state index contributed by atoms with van der Waals surface area (Å²) in [5.74, 6) is 0.491. The molecule has 168 valence electrons. The van der Waals surface area contributed by atoms with E-state index in [4.69, 9.17) is 9.47 Å². The van der Waals surface area contributed by atoms with Gasteiger partial charge in [-0.05, 0) is 31.9 Å². The quantitative estimate of drug-likeness (QED) is 0.423. The van der Waals surface area contributed by atoms with Crippen LogP contribution in [-0.2, 0) is 19.1 Å². The third-order valence-corrected chi connectivity index (χ3v) is 3.95. The van der Waals surface area contributed by atoms with Crippen LogP contribution in [0.15, 0.2) is 18.3 Å². The van der Waals surface area contributed by atoms with E-state index in [0.29, 0.717) is 55.8 Å². The van der Waals surface area contributed by atoms with Crippen LogP contribution in [0.3, 0.4) is 0 Å². The van der Waals surface area contributed by atoms with Crippen molar-refractivity contribution in [3.8, 4) is 11.5 Å². The van der Waals surface area contributed by atoms with Crippen LogP contribution in [0.1, 0.15) is 38.4 Å². The Morgan fingerprint density at radius 3 is 2.32 bits per heavy atom. The zero-order chi connectivity index (χ0) is 22.3. The van der Waals surface area contributed by atoms with Crippen molar-refractivity contribution >= 4 is 17.5 Å². The number of aromatic nitrogens is 5. The third-order valence-electron chi connectivity index (χ3n) is 3.95. The average molecular weight is 431 g/mol. The highest BCUT2D eigenvalue weighted by molar-refractivity contribution is 5.90. The van der Waals surface area contributed by atoms with E-state index in [-0.39, 0.29) is 24.7 Å². The van der Waals surface area contributed by atoms with Gasteiger partial charge in [-0.1, -0.05) is 6.92 Å². The van der Waals surface area contributed by atoms with Crippen molar-refractivity contribution in [1.82, 2.24) is 30.7 Å². The van der Waals surface area contributed by atoms with Crippen LogP contribution in [0.4, 0.5) is 5.69 Å². The molecule has 2 amide bonds. The predicted molar refractivity (Wildman–Crippen MR) is 113 cm³/mol. The highest BCUT2D eigenvalue weighted by atomic mass is 16.5. The SMILES string of the molecule is CCCOCCOCCNC(=O)CCCC(=O)Nc1ccc(-c2nnc(C)nn2)nc1. The first-order chi connectivity index (χ1) is 15.1. The molecular weight excluding hydrogens is 402 g/mol. The number of nitrogens with one attached hydrogen (secondary N) is 2. The van der Waals surface area contributed by atoms with Gasteiger partial charge in [0, 0.05) is 26.0 Å². The number of pyridine rings is 1. The number of aryl methyl sites for hydroxylation is 1. The number of amides is 2. The van der Waals surface area contributed by atoms with Crippen LogP contribution in [0.25, 0.3) is 11.5 Å². The predicted octanol–water partition coefficient (Wildman–Crippen LogP) is 1.31. The smallest absolute Gasteiger partial charge is 0.224 e. The molecule has 11 nitrogen and oxygen atoms in total. The van der Waals surface area contributed by atoms with Gasteiger partial charge in [-0.15, -0.1) is 20.4 Å². The van der Waals surface area contributed by atoms with Gasteiger partial charge in [0.1, 0.15) is 5.69 Å². The Morgan fingerprint density at radius 1 is 0.935 bits per heavy atom. The van der Waals surface area contributed by atoms with E-state index in [1.807, 2.05) is 6.92 Å². The van der Waals surface area contributed by atoms with Crippen LogP contribution in [0.5, 0.6) is 0 Å². The van der Waals surface area contributed by atoms with E-state index in [9.17, 15) is 9.59 Å². The number of ether oxygens (including phenoxy) is 2. The van der Waals surface area contributed by atoms with Gasteiger partial charge >= 0.3 is 0 Å². The fourth-order valence-electron chi connectivity index (χ4n) is 2.43. The number of anilines is 1. The van der Waals surface area contributed by atoms with Gasteiger partial charge in [0.05, 0.1) is 31.7 Å². The van der Waals surface area contributed by atoms with Crippen molar-refractivity contribution in [3.05, 3.63) is 24.2 Å². The summed E-state index contributed by atoms with van der Waals surface area (Å²) in [5, 5.41) is 21.0. The van der Waals surface area contributed by atoms with Crippen molar-refractivity contribution in [3.63, 3.8) is 0 Å². The van der Waals surface area contributed by atoms with E-state index in [1.54, 1.807) is 19.1 Å². The maximum atomic E-state index is 12.0. The maximum absolute atomic E-state index is 12.0. The lowest BCUT2D eigenvalue weighted by Crippen LogP contribution is -2.27. The Labute approximate surface area is 181 Å². The molecule has 0 bridgehead atoms. The second-order valence-electron chi connectivity index (χ2n) is 6.68. The van der Waals surface area contributed by atoms with Gasteiger partial charge in [-0.3, -0.25) is 14.6 Å². The van der Waals surface area contributed by atoms with Crippen LogP contribution in [0, 0.1) is 6.92 Å². The summed E-state index contributed by atoms with van der Waals surface area (Å²) in [6.07, 6.45) is 3.45. The van der Waals surface area contributed by atoms with Gasteiger partial charge in [0.25, 0.3) is 0 Å². The van der Waals surface area contributed by atoms with Gasteiger partial charge in [-0.2, -0.15) is 0 Å². The minimum absolute atomic E-state index is 0.107. The van der Waals surface area contributed by atoms with E-state index < -0.39 is 0 Å². The van der Waals surface area contributed by atoms with E-state index in [0.717, 1.165) is 13.0 Å². The van der Waals surface area contributed by atoms with Gasteiger partial charge in [0.15, 0.2) is 5.82 Å². The Morgan fingerprint density at radius 2 is 1.65 bits per heavy atom. The van der Waals surface area contributed by atoms with Crippen molar-refractivity contribution in [1.29, 1.82) is 0 Å². The van der Waals surface area contributed by atoms with Crippen LogP contribution < -0.4 is 10.6 Å². The Kier molecular flexibility index (Phi) is 11.0. The standard InChI is InChI=1S/C20H29N7O4/c1-3-10-30-12-13-31-11-9-21-18(28)5-4-6-19(29)23-16-7-8-17(22-14-16)20-26-24-15(2)25-27-20/h7-8,14H,3-6,9-13H2,1-2H3,(H,21,28)(H,23,29). The van der Waals surface area contributed by atoms with Crippen molar-refractivity contribution in [2.45, 2.75) is 39.5 Å². The van der Waals surface area contributed by atoms with E-state index in [1.165, 1.54) is 6.20 Å².